The van der Waals surface area contributed by atoms with Crippen LogP contribution in [-0.4, -0.2) is 22.8 Å². The Bertz CT molecular complexity index is 621. The number of aryl methyl sites for hydroxylation is 1. The number of esters is 1. The molecule has 1 aromatic carbocycles. The molecule has 0 saturated carbocycles. The summed E-state index contributed by atoms with van der Waals surface area (Å²) in [5.74, 6) is -0.447. The fourth-order valence-corrected chi connectivity index (χ4v) is 1.86. The number of halogens is 1. The number of phenolic OH excluding ortho intramolecular Hbond substituents is 1. The van der Waals surface area contributed by atoms with E-state index in [-0.39, 0.29) is 23.7 Å². The Kier molecular flexibility index (Phi) is 3.76. The molecular formula is C13H12ClNO4. The summed E-state index contributed by atoms with van der Waals surface area (Å²) in [6.07, 6.45) is 0. The van der Waals surface area contributed by atoms with Gasteiger partial charge in [0.15, 0.2) is 5.76 Å². The molecule has 2 aromatic rings. The maximum atomic E-state index is 11.9. The second-order valence-corrected chi connectivity index (χ2v) is 4.29. The highest BCUT2D eigenvalue weighted by molar-refractivity contribution is 6.31. The first-order valence-corrected chi connectivity index (χ1v) is 6.04. The van der Waals surface area contributed by atoms with E-state index in [1.54, 1.807) is 13.8 Å². The average Bonchev–Trinajstić information content (AvgIpc) is 2.74. The molecule has 0 fully saturated rings. The van der Waals surface area contributed by atoms with E-state index in [4.69, 9.17) is 20.9 Å². The number of ether oxygens (including phenoxy) is 1. The van der Waals surface area contributed by atoms with Crippen LogP contribution < -0.4 is 0 Å². The van der Waals surface area contributed by atoms with Crippen molar-refractivity contribution >= 4 is 17.6 Å². The zero-order chi connectivity index (χ0) is 14.0. The van der Waals surface area contributed by atoms with Crippen LogP contribution in [0.3, 0.4) is 0 Å². The topological polar surface area (TPSA) is 72.6 Å². The number of hydrogen-bond acceptors (Lipinski definition) is 5. The van der Waals surface area contributed by atoms with Gasteiger partial charge in [-0.25, -0.2) is 4.79 Å². The smallest absolute Gasteiger partial charge is 0.344 e. The molecule has 2 rings (SSSR count). The number of benzene rings is 1. The van der Waals surface area contributed by atoms with Crippen molar-refractivity contribution in [2.45, 2.75) is 13.8 Å². The van der Waals surface area contributed by atoms with Gasteiger partial charge < -0.3 is 14.4 Å². The average molecular weight is 282 g/mol. The highest BCUT2D eigenvalue weighted by Crippen LogP contribution is 2.35. The van der Waals surface area contributed by atoms with Gasteiger partial charge in [0.25, 0.3) is 0 Å². The molecule has 0 radical (unpaired) electrons. The normalized spacial score (nSPS) is 10.5. The van der Waals surface area contributed by atoms with E-state index < -0.39 is 5.97 Å². The van der Waals surface area contributed by atoms with Gasteiger partial charge >= 0.3 is 5.97 Å². The zero-order valence-electron chi connectivity index (χ0n) is 10.4. The Morgan fingerprint density at radius 2 is 2.26 bits per heavy atom. The summed E-state index contributed by atoms with van der Waals surface area (Å²) in [5.41, 5.74) is 0.892. The Labute approximate surface area is 114 Å². The fraction of sp³-hybridized carbons (Fsp3) is 0.231. The Hall–Kier alpha value is -2.01. The minimum atomic E-state index is -0.546. The first-order chi connectivity index (χ1) is 9.04. The maximum Gasteiger partial charge on any atom is 0.344 e. The third-order valence-electron chi connectivity index (χ3n) is 2.55. The van der Waals surface area contributed by atoms with Gasteiger partial charge in [0, 0.05) is 5.02 Å². The number of aromatic nitrogens is 1. The van der Waals surface area contributed by atoms with Crippen molar-refractivity contribution < 1.29 is 19.2 Å². The summed E-state index contributed by atoms with van der Waals surface area (Å²) in [4.78, 5) is 11.9. The molecule has 0 spiro atoms. The lowest BCUT2D eigenvalue weighted by molar-refractivity contribution is 0.0526. The van der Waals surface area contributed by atoms with Crippen molar-refractivity contribution in [1.82, 2.24) is 5.16 Å². The van der Waals surface area contributed by atoms with Crippen LogP contribution in [-0.2, 0) is 4.74 Å². The van der Waals surface area contributed by atoms with Crippen molar-refractivity contribution in [3.63, 3.8) is 0 Å². The molecule has 0 bridgehead atoms. The SMILES string of the molecule is CCOC(=O)c1c(C)noc1-c1cc(Cl)ccc1O. The quantitative estimate of drug-likeness (QED) is 0.875. The summed E-state index contributed by atoms with van der Waals surface area (Å²) < 4.78 is 10.1. The maximum absolute atomic E-state index is 11.9. The Morgan fingerprint density at radius 3 is 2.95 bits per heavy atom. The molecule has 0 saturated heterocycles. The molecule has 0 aliphatic carbocycles. The van der Waals surface area contributed by atoms with E-state index in [9.17, 15) is 9.90 Å². The largest absolute Gasteiger partial charge is 0.507 e. The molecule has 1 heterocycles. The molecule has 0 amide bonds. The predicted molar refractivity (Wildman–Crippen MR) is 69.3 cm³/mol. The summed E-state index contributed by atoms with van der Waals surface area (Å²) in [7, 11) is 0. The Morgan fingerprint density at radius 1 is 1.53 bits per heavy atom. The van der Waals surface area contributed by atoms with Gasteiger partial charge in [-0.1, -0.05) is 16.8 Å². The molecule has 0 aliphatic rings. The lowest BCUT2D eigenvalue weighted by atomic mass is 10.1. The van der Waals surface area contributed by atoms with Crippen LogP contribution in [0.2, 0.25) is 5.02 Å². The molecule has 19 heavy (non-hydrogen) atoms. The number of aromatic hydroxyl groups is 1. The minimum Gasteiger partial charge on any atom is -0.507 e. The lowest BCUT2D eigenvalue weighted by Gasteiger charge is -2.04. The van der Waals surface area contributed by atoms with Crippen LogP contribution in [0.4, 0.5) is 0 Å². The summed E-state index contributed by atoms with van der Waals surface area (Å²) in [5, 5.41) is 14.0. The monoisotopic (exact) mass is 281 g/mol. The standard InChI is InChI=1S/C13H12ClNO4/c1-3-18-13(17)11-7(2)15-19-12(11)9-6-8(14)4-5-10(9)16/h4-6,16H,3H2,1-2H3. The van der Waals surface area contributed by atoms with Crippen molar-refractivity contribution in [2.24, 2.45) is 0 Å². The molecule has 0 atom stereocenters. The van der Waals surface area contributed by atoms with E-state index in [2.05, 4.69) is 5.16 Å². The molecule has 1 N–H and O–H groups in total. The van der Waals surface area contributed by atoms with Crippen molar-refractivity contribution in [3.8, 4) is 17.1 Å². The zero-order valence-corrected chi connectivity index (χ0v) is 11.2. The molecule has 6 heteroatoms. The van der Waals surface area contributed by atoms with E-state index in [1.165, 1.54) is 18.2 Å². The predicted octanol–water partition coefficient (Wildman–Crippen LogP) is 3.19. The molecule has 5 nitrogen and oxygen atoms in total. The van der Waals surface area contributed by atoms with Crippen LogP contribution in [0, 0.1) is 6.92 Å². The summed E-state index contributed by atoms with van der Waals surface area (Å²) in [6, 6.07) is 4.46. The number of phenols is 1. The van der Waals surface area contributed by atoms with Crippen molar-refractivity contribution in [2.75, 3.05) is 6.61 Å². The summed E-state index contributed by atoms with van der Waals surface area (Å²) in [6.45, 7) is 3.57. The third-order valence-corrected chi connectivity index (χ3v) is 2.78. The molecule has 0 unspecified atom stereocenters. The molecule has 0 aliphatic heterocycles. The van der Waals surface area contributed by atoms with Crippen molar-refractivity contribution in [3.05, 3.63) is 34.5 Å². The highest BCUT2D eigenvalue weighted by atomic mass is 35.5. The lowest BCUT2D eigenvalue weighted by Crippen LogP contribution is -2.06. The van der Waals surface area contributed by atoms with Crippen LogP contribution in [0.25, 0.3) is 11.3 Å². The highest BCUT2D eigenvalue weighted by Gasteiger charge is 2.24. The second-order valence-electron chi connectivity index (χ2n) is 3.85. The minimum absolute atomic E-state index is 0.0499. The summed E-state index contributed by atoms with van der Waals surface area (Å²) >= 11 is 5.88. The van der Waals surface area contributed by atoms with Gasteiger partial charge in [-0.3, -0.25) is 0 Å². The van der Waals surface area contributed by atoms with Gasteiger partial charge in [-0.05, 0) is 32.0 Å². The van der Waals surface area contributed by atoms with Crippen LogP contribution >= 0.6 is 11.6 Å². The third kappa shape index (κ3) is 2.56. The van der Waals surface area contributed by atoms with Crippen LogP contribution in [0.5, 0.6) is 5.75 Å². The molecule has 100 valence electrons. The second kappa shape index (κ2) is 5.32. The van der Waals surface area contributed by atoms with Gasteiger partial charge in [0.2, 0.25) is 0 Å². The van der Waals surface area contributed by atoms with Gasteiger partial charge in [0.1, 0.15) is 11.3 Å². The van der Waals surface area contributed by atoms with Gasteiger partial charge in [-0.2, -0.15) is 0 Å². The Balaban J connectivity index is 2.57. The molecule has 1 aromatic heterocycles. The van der Waals surface area contributed by atoms with E-state index in [0.29, 0.717) is 16.3 Å². The number of nitrogens with zero attached hydrogens (tertiary/aromatic N) is 1. The van der Waals surface area contributed by atoms with Gasteiger partial charge in [0.05, 0.1) is 17.9 Å². The van der Waals surface area contributed by atoms with Crippen molar-refractivity contribution in [1.29, 1.82) is 0 Å². The first-order valence-electron chi connectivity index (χ1n) is 5.66. The van der Waals surface area contributed by atoms with E-state index in [0.717, 1.165) is 0 Å². The number of carbonyl (C=O) groups excluding carboxylic acids is 1. The first kappa shape index (κ1) is 13.4. The number of carbonyl (C=O) groups is 1. The fourth-order valence-electron chi connectivity index (χ4n) is 1.69. The van der Waals surface area contributed by atoms with E-state index >= 15 is 0 Å². The number of rotatable bonds is 3. The van der Waals surface area contributed by atoms with E-state index in [1.807, 2.05) is 0 Å². The van der Waals surface area contributed by atoms with Gasteiger partial charge in [-0.15, -0.1) is 0 Å². The van der Waals surface area contributed by atoms with Crippen LogP contribution in [0.1, 0.15) is 23.0 Å². The van der Waals surface area contributed by atoms with Crippen LogP contribution in [0.15, 0.2) is 22.7 Å². The number of hydrogen-bond donors (Lipinski definition) is 1. The molecular weight excluding hydrogens is 270 g/mol.